The highest BCUT2D eigenvalue weighted by molar-refractivity contribution is 6.00. The molecular formula is C34H39N3O4. The molecule has 214 valence electrons. The number of nitrogens with one attached hydrogen (secondary N) is 1. The van der Waals surface area contributed by atoms with Crippen LogP contribution in [0.25, 0.3) is 0 Å². The Morgan fingerprint density at radius 2 is 1.61 bits per heavy atom. The number of unbranched alkanes of at least 4 members (excludes halogenated alkanes) is 1. The summed E-state index contributed by atoms with van der Waals surface area (Å²) < 4.78 is 0. The quantitative estimate of drug-likeness (QED) is 0.107. The second-order valence-corrected chi connectivity index (χ2v) is 9.73. The van der Waals surface area contributed by atoms with E-state index >= 15 is 0 Å². The normalized spacial score (nSPS) is 10.2. The Bertz CT molecular complexity index is 1460. The predicted octanol–water partition coefficient (Wildman–Crippen LogP) is 7.15. The number of rotatable bonds is 13. The van der Waals surface area contributed by atoms with Crippen LogP contribution in [0.4, 0.5) is 5.69 Å². The minimum absolute atomic E-state index is 0. The van der Waals surface area contributed by atoms with Crippen molar-refractivity contribution in [3.05, 3.63) is 125 Å². The SMILES string of the molecule is CC(=O)c1cccnc1.Cc1cccc(CCCCC(=O)c2cc(C(=O)CCc3ccc(NC=O)cc3)ccn2)c1.[HH].[HH]. The van der Waals surface area contributed by atoms with Crippen LogP contribution in [0.15, 0.2) is 91.4 Å². The van der Waals surface area contributed by atoms with Crippen molar-refractivity contribution in [3.8, 4) is 0 Å². The molecule has 4 rings (SSSR count). The average Bonchev–Trinajstić information content (AvgIpc) is 3.00. The number of Topliss-reactive ketones (excluding diaryl/α,β-unsaturated/α-hetero) is 3. The van der Waals surface area contributed by atoms with Crippen LogP contribution in [-0.2, 0) is 17.6 Å². The number of aromatic nitrogens is 2. The van der Waals surface area contributed by atoms with Crippen molar-refractivity contribution >= 4 is 29.4 Å². The molecule has 0 radical (unpaired) electrons. The number of carbonyl (C=O) groups excluding carboxylic acids is 4. The van der Waals surface area contributed by atoms with Crippen molar-refractivity contribution in [3.63, 3.8) is 0 Å². The summed E-state index contributed by atoms with van der Waals surface area (Å²) in [6.45, 7) is 3.60. The van der Waals surface area contributed by atoms with Crippen LogP contribution >= 0.6 is 0 Å². The van der Waals surface area contributed by atoms with Gasteiger partial charge >= 0.3 is 0 Å². The van der Waals surface area contributed by atoms with Crippen LogP contribution in [0.2, 0.25) is 0 Å². The van der Waals surface area contributed by atoms with Gasteiger partial charge in [-0.05, 0) is 87.1 Å². The lowest BCUT2D eigenvalue weighted by atomic mass is 10.0. The first-order chi connectivity index (χ1) is 19.9. The number of hydrogen-bond acceptors (Lipinski definition) is 6. The van der Waals surface area contributed by atoms with Crippen LogP contribution < -0.4 is 5.32 Å². The molecule has 2 aromatic carbocycles. The third-order valence-corrected chi connectivity index (χ3v) is 6.46. The number of carbonyl (C=O) groups is 4. The van der Waals surface area contributed by atoms with E-state index in [0.29, 0.717) is 48.2 Å². The first kappa shape index (κ1) is 30.8. The number of anilines is 1. The molecule has 4 aromatic rings. The molecule has 0 unspecified atom stereocenters. The monoisotopic (exact) mass is 553 g/mol. The highest BCUT2D eigenvalue weighted by Gasteiger charge is 2.12. The Kier molecular flexibility index (Phi) is 12.3. The summed E-state index contributed by atoms with van der Waals surface area (Å²) in [5.41, 5.74) is 5.80. The van der Waals surface area contributed by atoms with E-state index < -0.39 is 0 Å². The second kappa shape index (κ2) is 16.4. The number of amides is 1. The molecule has 2 heterocycles. The van der Waals surface area contributed by atoms with Gasteiger partial charge in [0.25, 0.3) is 0 Å². The van der Waals surface area contributed by atoms with Gasteiger partial charge in [0.05, 0.1) is 0 Å². The van der Waals surface area contributed by atoms with Gasteiger partial charge in [-0.1, -0.05) is 42.0 Å². The number of pyridine rings is 2. The summed E-state index contributed by atoms with van der Waals surface area (Å²) in [6.07, 6.45) is 9.41. The molecule has 7 nitrogen and oxygen atoms in total. The lowest BCUT2D eigenvalue weighted by molar-refractivity contribution is -0.105. The minimum Gasteiger partial charge on any atom is -0.329 e. The van der Waals surface area contributed by atoms with Crippen molar-refractivity contribution in [1.82, 2.24) is 9.97 Å². The van der Waals surface area contributed by atoms with Crippen molar-refractivity contribution < 1.29 is 22.0 Å². The van der Waals surface area contributed by atoms with Gasteiger partial charge in [-0.25, -0.2) is 0 Å². The third kappa shape index (κ3) is 10.7. The molecule has 0 bridgehead atoms. The van der Waals surface area contributed by atoms with Gasteiger partial charge in [-0.3, -0.25) is 29.1 Å². The second-order valence-electron chi connectivity index (χ2n) is 9.73. The lowest BCUT2D eigenvalue weighted by Gasteiger charge is -2.06. The predicted molar refractivity (Wildman–Crippen MR) is 165 cm³/mol. The molecule has 0 aliphatic rings. The minimum atomic E-state index is -0.0258. The van der Waals surface area contributed by atoms with E-state index in [1.54, 1.807) is 48.8 Å². The van der Waals surface area contributed by atoms with E-state index in [1.165, 1.54) is 24.2 Å². The van der Waals surface area contributed by atoms with E-state index in [2.05, 4.69) is 46.5 Å². The van der Waals surface area contributed by atoms with Crippen LogP contribution in [0.1, 0.15) is 83.4 Å². The van der Waals surface area contributed by atoms with Gasteiger partial charge < -0.3 is 5.32 Å². The zero-order valence-corrected chi connectivity index (χ0v) is 23.5. The molecule has 41 heavy (non-hydrogen) atoms. The molecule has 1 N–H and O–H groups in total. The summed E-state index contributed by atoms with van der Waals surface area (Å²) in [5.74, 6) is 0.0150. The van der Waals surface area contributed by atoms with Gasteiger partial charge in [-0.15, -0.1) is 0 Å². The van der Waals surface area contributed by atoms with Gasteiger partial charge in [0.2, 0.25) is 6.41 Å². The molecule has 0 aliphatic heterocycles. The maximum absolute atomic E-state index is 12.6. The molecular weight excluding hydrogens is 514 g/mol. The van der Waals surface area contributed by atoms with E-state index in [-0.39, 0.29) is 20.2 Å². The summed E-state index contributed by atoms with van der Waals surface area (Å²) in [7, 11) is 0. The first-order valence-electron chi connectivity index (χ1n) is 13.6. The number of nitrogens with zero attached hydrogens (tertiary/aromatic N) is 2. The summed E-state index contributed by atoms with van der Waals surface area (Å²) in [6, 6.07) is 22.6. The molecule has 0 saturated carbocycles. The van der Waals surface area contributed by atoms with E-state index in [0.717, 1.165) is 24.8 Å². The lowest BCUT2D eigenvalue weighted by Crippen LogP contribution is -2.07. The number of benzene rings is 2. The van der Waals surface area contributed by atoms with E-state index in [9.17, 15) is 19.2 Å². The Morgan fingerprint density at radius 1 is 0.805 bits per heavy atom. The largest absolute Gasteiger partial charge is 0.329 e. The Morgan fingerprint density at radius 3 is 2.27 bits per heavy atom. The summed E-state index contributed by atoms with van der Waals surface area (Å²) >= 11 is 0. The van der Waals surface area contributed by atoms with Gasteiger partial charge in [0.1, 0.15) is 5.69 Å². The topological polar surface area (TPSA) is 106 Å². The van der Waals surface area contributed by atoms with Crippen molar-refractivity contribution in [2.45, 2.75) is 52.4 Å². The Hall–Kier alpha value is -4.78. The molecule has 0 saturated heterocycles. The fourth-order valence-electron chi connectivity index (χ4n) is 4.18. The van der Waals surface area contributed by atoms with Crippen molar-refractivity contribution in [2.24, 2.45) is 0 Å². The molecule has 7 heteroatoms. The Labute approximate surface area is 244 Å². The average molecular weight is 554 g/mol. The summed E-state index contributed by atoms with van der Waals surface area (Å²) in [5, 5.41) is 2.58. The van der Waals surface area contributed by atoms with Gasteiger partial charge in [0, 0.05) is 51.1 Å². The highest BCUT2D eigenvalue weighted by Crippen LogP contribution is 2.15. The third-order valence-electron chi connectivity index (χ3n) is 6.46. The van der Waals surface area contributed by atoms with Gasteiger partial charge in [0.15, 0.2) is 17.3 Å². The summed E-state index contributed by atoms with van der Waals surface area (Å²) in [4.78, 5) is 54.2. The number of aryl methyl sites for hydroxylation is 3. The number of hydrogen-bond donors (Lipinski definition) is 1. The fraction of sp³-hybridized carbons (Fsp3) is 0.235. The Balaban J connectivity index is 0.000000721. The molecule has 1 amide bonds. The standard InChI is InChI=1S/C27H28N2O3.C7H7NO.2H2/c1-20-5-4-7-22(17-20)6-2-3-8-27(32)25-18-23(15-16-28-25)26(31)14-11-21-9-12-24(13-10-21)29-19-30;1-6(9)7-3-2-4-8-5-7;;/h4-5,7,9-10,12-13,15-19H,2-3,6,8,11,14H2,1H3,(H,29,30);2-5H,1H3;2*1H. The maximum Gasteiger partial charge on any atom is 0.211 e. The van der Waals surface area contributed by atoms with E-state index in [1.807, 2.05) is 12.1 Å². The highest BCUT2D eigenvalue weighted by atomic mass is 16.1. The van der Waals surface area contributed by atoms with Crippen LogP contribution in [0, 0.1) is 6.92 Å². The zero-order chi connectivity index (χ0) is 29.5. The van der Waals surface area contributed by atoms with Crippen LogP contribution in [0.3, 0.4) is 0 Å². The van der Waals surface area contributed by atoms with Crippen LogP contribution in [0.5, 0.6) is 0 Å². The maximum atomic E-state index is 12.6. The van der Waals surface area contributed by atoms with Crippen molar-refractivity contribution in [2.75, 3.05) is 5.32 Å². The molecule has 0 spiro atoms. The van der Waals surface area contributed by atoms with E-state index in [4.69, 9.17) is 0 Å². The molecule has 0 aliphatic carbocycles. The fourth-order valence-corrected chi connectivity index (χ4v) is 4.18. The molecule has 2 aromatic heterocycles. The first-order valence-corrected chi connectivity index (χ1v) is 13.6. The zero-order valence-electron chi connectivity index (χ0n) is 23.5. The number of ketones is 3. The van der Waals surface area contributed by atoms with Gasteiger partial charge in [-0.2, -0.15) is 0 Å². The van der Waals surface area contributed by atoms with Crippen LogP contribution in [-0.4, -0.2) is 33.7 Å². The molecule has 0 atom stereocenters. The smallest absolute Gasteiger partial charge is 0.211 e. The van der Waals surface area contributed by atoms with Crippen molar-refractivity contribution in [1.29, 1.82) is 0 Å². The molecule has 0 fully saturated rings.